The highest BCUT2D eigenvalue weighted by Gasteiger charge is 2.30. The van der Waals surface area contributed by atoms with Gasteiger partial charge < -0.3 is 10.4 Å². The summed E-state index contributed by atoms with van der Waals surface area (Å²) < 4.78 is 1.97. The minimum absolute atomic E-state index is 0.00892. The van der Waals surface area contributed by atoms with Gasteiger partial charge in [-0.3, -0.25) is 4.68 Å². The van der Waals surface area contributed by atoms with E-state index < -0.39 is 5.60 Å². The zero-order valence-corrected chi connectivity index (χ0v) is 11.0. The van der Waals surface area contributed by atoms with Crippen LogP contribution in [-0.4, -0.2) is 33.6 Å². The molecule has 17 heavy (non-hydrogen) atoms. The average Bonchev–Trinajstić information content (AvgIpc) is 2.66. The van der Waals surface area contributed by atoms with Crippen LogP contribution < -0.4 is 5.32 Å². The highest BCUT2D eigenvalue weighted by Crippen LogP contribution is 2.24. The van der Waals surface area contributed by atoms with Crippen molar-refractivity contribution in [3.05, 3.63) is 18.0 Å². The van der Waals surface area contributed by atoms with E-state index in [1.807, 2.05) is 10.9 Å². The maximum absolute atomic E-state index is 10.5. The molecule has 4 heteroatoms. The lowest BCUT2D eigenvalue weighted by molar-refractivity contribution is 0.0108. The number of rotatable bonds is 2. The molecule has 0 amide bonds. The van der Waals surface area contributed by atoms with E-state index in [1.54, 1.807) is 0 Å². The Labute approximate surface area is 103 Å². The Balaban J connectivity index is 2.06. The van der Waals surface area contributed by atoms with Crippen molar-refractivity contribution < 1.29 is 5.11 Å². The van der Waals surface area contributed by atoms with Gasteiger partial charge in [-0.1, -0.05) is 0 Å². The Bertz CT molecular complexity index is 372. The summed E-state index contributed by atoms with van der Waals surface area (Å²) in [6.45, 7) is 8.20. The van der Waals surface area contributed by atoms with E-state index >= 15 is 0 Å². The molecule has 2 rings (SSSR count). The zero-order chi connectivity index (χ0) is 12.5. The van der Waals surface area contributed by atoms with Gasteiger partial charge in [0, 0.05) is 12.6 Å². The van der Waals surface area contributed by atoms with Gasteiger partial charge in [-0.15, -0.1) is 0 Å². The molecular formula is C13H23N3O. The summed E-state index contributed by atoms with van der Waals surface area (Å²) in [5, 5.41) is 18.1. The molecule has 0 saturated carbocycles. The second kappa shape index (κ2) is 4.42. The normalized spacial score (nSPS) is 20.5. The van der Waals surface area contributed by atoms with Gasteiger partial charge in [-0.2, -0.15) is 5.10 Å². The third kappa shape index (κ3) is 3.07. The molecule has 4 nitrogen and oxygen atoms in total. The largest absolute Gasteiger partial charge is 0.389 e. The fourth-order valence-corrected chi connectivity index (χ4v) is 2.27. The summed E-state index contributed by atoms with van der Waals surface area (Å²) in [5.41, 5.74) is 0.593. The van der Waals surface area contributed by atoms with Crippen molar-refractivity contribution in [2.24, 2.45) is 0 Å². The lowest BCUT2D eigenvalue weighted by Gasteiger charge is -2.32. The second-order valence-electron chi connectivity index (χ2n) is 6.12. The SMILES string of the molecule is CC(C)(C)n1cc(CC2(O)CCNCC2)cn1. The van der Waals surface area contributed by atoms with Crippen molar-refractivity contribution in [1.82, 2.24) is 15.1 Å². The average molecular weight is 237 g/mol. The number of nitrogens with zero attached hydrogens (tertiary/aromatic N) is 2. The first-order chi connectivity index (χ1) is 7.89. The number of nitrogens with one attached hydrogen (secondary N) is 1. The molecule has 1 saturated heterocycles. The van der Waals surface area contributed by atoms with Gasteiger partial charge in [0.2, 0.25) is 0 Å². The third-order valence-corrected chi connectivity index (χ3v) is 3.39. The zero-order valence-electron chi connectivity index (χ0n) is 11.0. The molecule has 0 atom stereocenters. The monoisotopic (exact) mass is 237 g/mol. The minimum Gasteiger partial charge on any atom is -0.389 e. The first kappa shape index (κ1) is 12.6. The van der Waals surface area contributed by atoms with Crippen LogP contribution in [0.4, 0.5) is 0 Å². The Morgan fingerprint density at radius 2 is 2.06 bits per heavy atom. The van der Waals surface area contributed by atoms with Crippen LogP contribution >= 0.6 is 0 Å². The summed E-state index contributed by atoms with van der Waals surface area (Å²) in [6.07, 6.45) is 6.30. The van der Waals surface area contributed by atoms with Crippen LogP contribution in [0.1, 0.15) is 39.2 Å². The number of piperidine rings is 1. The minimum atomic E-state index is -0.545. The highest BCUT2D eigenvalue weighted by molar-refractivity contribution is 5.10. The Hall–Kier alpha value is -0.870. The van der Waals surface area contributed by atoms with Crippen molar-refractivity contribution in [3.8, 4) is 0 Å². The van der Waals surface area contributed by atoms with Crippen molar-refractivity contribution in [3.63, 3.8) is 0 Å². The Morgan fingerprint density at radius 1 is 1.41 bits per heavy atom. The van der Waals surface area contributed by atoms with Crippen molar-refractivity contribution >= 4 is 0 Å². The van der Waals surface area contributed by atoms with Crippen molar-refractivity contribution in [1.29, 1.82) is 0 Å². The van der Waals surface area contributed by atoms with Gasteiger partial charge in [-0.05, 0) is 52.3 Å². The molecule has 1 aliphatic heterocycles. The maximum atomic E-state index is 10.5. The molecule has 0 aliphatic carbocycles. The molecule has 0 spiro atoms. The Kier molecular flexibility index (Phi) is 3.27. The molecule has 2 N–H and O–H groups in total. The predicted octanol–water partition coefficient (Wildman–Crippen LogP) is 1.30. The first-order valence-corrected chi connectivity index (χ1v) is 6.36. The lowest BCUT2D eigenvalue weighted by atomic mass is 9.87. The van der Waals surface area contributed by atoms with Gasteiger partial charge in [0.05, 0.1) is 17.3 Å². The summed E-state index contributed by atoms with van der Waals surface area (Å²) in [4.78, 5) is 0. The smallest absolute Gasteiger partial charge is 0.0713 e. The molecule has 1 aromatic rings. The Morgan fingerprint density at radius 3 is 2.59 bits per heavy atom. The molecule has 0 bridgehead atoms. The standard InChI is InChI=1S/C13H23N3O/c1-12(2,3)16-10-11(9-15-16)8-13(17)4-6-14-7-5-13/h9-10,14,17H,4-8H2,1-3H3. The van der Waals surface area contributed by atoms with Crippen molar-refractivity contribution in [2.45, 2.75) is 51.2 Å². The van der Waals surface area contributed by atoms with E-state index in [0.717, 1.165) is 31.5 Å². The second-order valence-corrected chi connectivity index (χ2v) is 6.12. The van der Waals surface area contributed by atoms with Gasteiger partial charge in [0.15, 0.2) is 0 Å². The van der Waals surface area contributed by atoms with E-state index in [-0.39, 0.29) is 5.54 Å². The number of aliphatic hydroxyl groups is 1. The van der Waals surface area contributed by atoms with E-state index in [9.17, 15) is 5.11 Å². The van der Waals surface area contributed by atoms with E-state index in [4.69, 9.17) is 0 Å². The van der Waals surface area contributed by atoms with Gasteiger partial charge in [0.1, 0.15) is 0 Å². The van der Waals surface area contributed by atoms with Crippen LogP contribution in [0.15, 0.2) is 12.4 Å². The maximum Gasteiger partial charge on any atom is 0.0713 e. The van der Waals surface area contributed by atoms with E-state index in [1.165, 1.54) is 0 Å². The first-order valence-electron chi connectivity index (χ1n) is 6.36. The number of hydrogen-bond acceptors (Lipinski definition) is 3. The quantitative estimate of drug-likeness (QED) is 0.815. The third-order valence-electron chi connectivity index (χ3n) is 3.39. The number of hydrogen-bond donors (Lipinski definition) is 2. The fourth-order valence-electron chi connectivity index (χ4n) is 2.27. The molecule has 1 aromatic heterocycles. The van der Waals surface area contributed by atoms with Gasteiger partial charge >= 0.3 is 0 Å². The summed E-state index contributed by atoms with van der Waals surface area (Å²) in [6, 6.07) is 0. The number of aromatic nitrogens is 2. The van der Waals surface area contributed by atoms with Gasteiger partial charge in [0.25, 0.3) is 0 Å². The highest BCUT2D eigenvalue weighted by atomic mass is 16.3. The topological polar surface area (TPSA) is 50.1 Å². The molecule has 0 aromatic carbocycles. The van der Waals surface area contributed by atoms with Gasteiger partial charge in [-0.25, -0.2) is 0 Å². The summed E-state index contributed by atoms with van der Waals surface area (Å²) in [5.74, 6) is 0. The molecule has 1 fully saturated rings. The molecule has 2 heterocycles. The summed E-state index contributed by atoms with van der Waals surface area (Å²) in [7, 11) is 0. The van der Waals surface area contributed by atoms with Crippen LogP contribution in [0.25, 0.3) is 0 Å². The lowest BCUT2D eigenvalue weighted by Crippen LogP contribution is -2.43. The molecule has 0 unspecified atom stereocenters. The molecule has 1 aliphatic rings. The van der Waals surface area contributed by atoms with E-state index in [2.05, 4.69) is 37.4 Å². The van der Waals surface area contributed by atoms with Crippen LogP contribution in [0.5, 0.6) is 0 Å². The van der Waals surface area contributed by atoms with Crippen LogP contribution in [-0.2, 0) is 12.0 Å². The van der Waals surface area contributed by atoms with Crippen molar-refractivity contribution in [2.75, 3.05) is 13.1 Å². The van der Waals surface area contributed by atoms with E-state index in [0.29, 0.717) is 6.42 Å². The fraction of sp³-hybridized carbons (Fsp3) is 0.769. The van der Waals surface area contributed by atoms with Crippen LogP contribution in [0, 0.1) is 0 Å². The molecule has 96 valence electrons. The summed E-state index contributed by atoms with van der Waals surface area (Å²) >= 11 is 0. The predicted molar refractivity (Wildman–Crippen MR) is 68.0 cm³/mol. The molecular weight excluding hydrogens is 214 g/mol. The van der Waals surface area contributed by atoms with Crippen LogP contribution in [0.3, 0.4) is 0 Å². The molecule has 0 radical (unpaired) electrons. The van der Waals surface area contributed by atoms with Crippen LogP contribution in [0.2, 0.25) is 0 Å².